The number of carbonyl (C=O) groups excluding carboxylic acids is 2. The number of hydrogen-bond acceptors (Lipinski definition) is 4. The number of ether oxygens (including phenoxy) is 1. The van der Waals surface area contributed by atoms with Crippen LogP contribution < -0.4 is 0 Å². The first-order valence-electron chi connectivity index (χ1n) is 7.81. The van der Waals surface area contributed by atoms with Gasteiger partial charge in [-0.2, -0.15) is 0 Å². The molecule has 5 heteroatoms. The molecule has 0 spiro atoms. The summed E-state index contributed by atoms with van der Waals surface area (Å²) < 4.78 is 4.91. The molecule has 1 amide bonds. The van der Waals surface area contributed by atoms with Gasteiger partial charge >= 0.3 is 5.97 Å². The van der Waals surface area contributed by atoms with E-state index in [2.05, 4.69) is 0 Å². The molecule has 0 radical (unpaired) electrons. The molecule has 0 aromatic heterocycles. The van der Waals surface area contributed by atoms with E-state index >= 15 is 0 Å². The Balaban J connectivity index is 1.75. The Morgan fingerprint density at radius 3 is 2.46 bits per heavy atom. The molecule has 1 atom stereocenters. The Bertz CT molecular complexity index is 732. The van der Waals surface area contributed by atoms with E-state index in [-0.39, 0.29) is 11.9 Å². The summed E-state index contributed by atoms with van der Waals surface area (Å²) in [7, 11) is 1.37. The van der Waals surface area contributed by atoms with Gasteiger partial charge in [-0.15, -0.1) is 11.8 Å². The molecular formula is C19H19NO3S. The van der Waals surface area contributed by atoms with Gasteiger partial charge in [0.05, 0.1) is 12.9 Å². The fraction of sp³-hybridized carbons (Fsp3) is 0.263. The lowest BCUT2D eigenvalue weighted by Gasteiger charge is -2.35. The van der Waals surface area contributed by atoms with Crippen LogP contribution in [-0.2, 0) is 27.3 Å². The van der Waals surface area contributed by atoms with Crippen molar-refractivity contribution in [2.75, 3.05) is 12.9 Å². The second kappa shape index (κ2) is 7.53. The van der Waals surface area contributed by atoms with Crippen molar-refractivity contribution in [2.45, 2.75) is 23.9 Å². The monoisotopic (exact) mass is 341 g/mol. The van der Waals surface area contributed by atoms with Gasteiger partial charge in [0.1, 0.15) is 6.04 Å². The van der Waals surface area contributed by atoms with Crippen molar-refractivity contribution in [2.24, 2.45) is 0 Å². The highest BCUT2D eigenvalue weighted by molar-refractivity contribution is 8.00. The number of rotatable bonds is 4. The van der Waals surface area contributed by atoms with Gasteiger partial charge in [-0.25, -0.2) is 4.79 Å². The van der Waals surface area contributed by atoms with Crippen LogP contribution in [-0.4, -0.2) is 35.7 Å². The van der Waals surface area contributed by atoms with Crippen molar-refractivity contribution in [3.63, 3.8) is 0 Å². The predicted octanol–water partition coefficient (Wildman–Crippen LogP) is 2.91. The average Bonchev–Trinajstić information content (AvgIpc) is 2.65. The van der Waals surface area contributed by atoms with Crippen LogP contribution in [0.5, 0.6) is 0 Å². The molecule has 24 heavy (non-hydrogen) atoms. The molecule has 2 aromatic rings. The molecule has 1 aliphatic heterocycles. The number of fused-ring (bicyclic) bond motifs is 1. The summed E-state index contributed by atoms with van der Waals surface area (Å²) in [4.78, 5) is 27.5. The number of nitrogens with zero attached hydrogens (tertiary/aromatic N) is 1. The summed E-state index contributed by atoms with van der Waals surface area (Å²) in [6, 6.07) is 17.2. The normalized spacial score (nSPS) is 16.4. The van der Waals surface area contributed by atoms with Crippen molar-refractivity contribution in [3.05, 3.63) is 65.7 Å². The third-order valence-electron chi connectivity index (χ3n) is 4.15. The van der Waals surface area contributed by atoms with E-state index in [9.17, 15) is 9.59 Å². The number of carbonyl (C=O) groups is 2. The predicted molar refractivity (Wildman–Crippen MR) is 93.7 cm³/mol. The average molecular weight is 341 g/mol. The molecule has 2 aromatic carbocycles. The Morgan fingerprint density at radius 1 is 1.08 bits per heavy atom. The van der Waals surface area contributed by atoms with Crippen LogP contribution >= 0.6 is 11.8 Å². The van der Waals surface area contributed by atoms with Gasteiger partial charge in [0.15, 0.2) is 0 Å². The van der Waals surface area contributed by atoms with E-state index in [4.69, 9.17) is 4.74 Å². The highest BCUT2D eigenvalue weighted by Gasteiger charge is 2.35. The zero-order valence-corrected chi connectivity index (χ0v) is 14.3. The number of esters is 1. The van der Waals surface area contributed by atoms with Gasteiger partial charge in [0.2, 0.25) is 5.91 Å². The van der Waals surface area contributed by atoms with Gasteiger partial charge in [-0.3, -0.25) is 4.79 Å². The molecule has 3 rings (SSSR count). The summed E-state index contributed by atoms with van der Waals surface area (Å²) >= 11 is 1.48. The first kappa shape index (κ1) is 16.6. The van der Waals surface area contributed by atoms with Crippen molar-refractivity contribution in [1.82, 2.24) is 4.90 Å². The third kappa shape index (κ3) is 3.62. The summed E-state index contributed by atoms with van der Waals surface area (Å²) in [6.45, 7) is 0.449. The van der Waals surface area contributed by atoms with E-state index < -0.39 is 6.04 Å². The van der Waals surface area contributed by atoms with Crippen molar-refractivity contribution in [3.8, 4) is 0 Å². The molecule has 0 unspecified atom stereocenters. The minimum absolute atomic E-state index is 0.0474. The van der Waals surface area contributed by atoms with E-state index in [0.29, 0.717) is 18.7 Å². The summed E-state index contributed by atoms with van der Waals surface area (Å²) in [5, 5.41) is 0. The number of amides is 1. The summed E-state index contributed by atoms with van der Waals surface area (Å²) in [5.41, 5.74) is 2.20. The van der Waals surface area contributed by atoms with E-state index in [1.54, 1.807) is 4.90 Å². The van der Waals surface area contributed by atoms with Crippen LogP contribution in [0.15, 0.2) is 59.5 Å². The third-order valence-corrected chi connectivity index (χ3v) is 5.14. The molecule has 0 bridgehead atoms. The molecule has 0 N–H and O–H groups in total. The fourth-order valence-electron chi connectivity index (χ4n) is 2.88. The first-order valence-corrected chi connectivity index (χ1v) is 8.79. The number of methoxy groups -OCH3 is 1. The van der Waals surface area contributed by atoms with Crippen LogP contribution in [0.25, 0.3) is 0 Å². The molecule has 0 saturated carbocycles. The first-order chi connectivity index (χ1) is 11.7. The zero-order chi connectivity index (χ0) is 16.9. The van der Waals surface area contributed by atoms with E-state index in [1.807, 2.05) is 54.6 Å². The van der Waals surface area contributed by atoms with Crippen molar-refractivity contribution >= 4 is 23.6 Å². The topological polar surface area (TPSA) is 46.6 Å². The SMILES string of the molecule is COC(=O)[C@@H]1Cc2ccccc2CN1C(=O)CSc1ccccc1. The second-order valence-corrected chi connectivity index (χ2v) is 6.68. The highest BCUT2D eigenvalue weighted by Crippen LogP contribution is 2.26. The quantitative estimate of drug-likeness (QED) is 0.634. The smallest absolute Gasteiger partial charge is 0.328 e. The maximum absolute atomic E-state index is 12.7. The number of hydrogen-bond donors (Lipinski definition) is 0. The maximum atomic E-state index is 12.7. The minimum Gasteiger partial charge on any atom is -0.467 e. The molecule has 4 nitrogen and oxygen atoms in total. The molecular weight excluding hydrogens is 322 g/mol. The van der Waals surface area contributed by atoms with Crippen molar-refractivity contribution in [1.29, 1.82) is 0 Å². The molecule has 0 fully saturated rings. The lowest BCUT2D eigenvalue weighted by Crippen LogP contribution is -2.49. The van der Waals surface area contributed by atoms with Crippen molar-refractivity contribution < 1.29 is 14.3 Å². The standard InChI is InChI=1S/C19H19NO3S/c1-23-19(22)17-11-14-7-5-6-8-15(14)12-20(17)18(21)13-24-16-9-3-2-4-10-16/h2-10,17H,11-13H2,1H3/t17-/m0/s1. The Hall–Kier alpha value is -2.27. The molecule has 1 heterocycles. The molecule has 0 aliphatic carbocycles. The van der Waals surface area contributed by atoms with Crippen LogP contribution in [0.1, 0.15) is 11.1 Å². The Kier molecular flexibility index (Phi) is 5.20. The van der Waals surface area contributed by atoms with Gasteiger partial charge < -0.3 is 9.64 Å². The summed E-state index contributed by atoms with van der Waals surface area (Å²) in [5.74, 6) is -0.101. The Morgan fingerprint density at radius 2 is 1.75 bits per heavy atom. The van der Waals surface area contributed by atoms with Crippen LogP contribution in [0.4, 0.5) is 0 Å². The maximum Gasteiger partial charge on any atom is 0.328 e. The molecule has 0 saturated heterocycles. The highest BCUT2D eigenvalue weighted by atomic mass is 32.2. The number of thioether (sulfide) groups is 1. The van der Waals surface area contributed by atoms with E-state index in [0.717, 1.165) is 16.0 Å². The summed E-state index contributed by atoms with van der Waals surface area (Å²) in [6.07, 6.45) is 0.505. The lowest BCUT2D eigenvalue weighted by atomic mass is 9.94. The fourth-order valence-corrected chi connectivity index (χ4v) is 3.68. The van der Waals surface area contributed by atoms with Gasteiger partial charge in [0.25, 0.3) is 0 Å². The lowest BCUT2D eigenvalue weighted by molar-refractivity contribution is -0.153. The van der Waals surface area contributed by atoms with Gasteiger partial charge in [-0.1, -0.05) is 42.5 Å². The minimum atomic E-state index is -0.547. The van der Waals surface area contributed by atoms with Gasteiger partial charge in [-0.05, 0) is 23.3 Å². The van der Waals surface area contributed by atoms with Crippen LogP contribution in [0.2, 0.25) is 0 Å². The number of benzene rings is 2. The zero-order valence-electron chi connectivity index (χ0n) is 13.5. The van der Waals surface area contributed by atoms with Gasteiger partial charge in [0, 0.05) is 17.9 Å². The van der Waals surface area contributed by atoms with Crippen LogP contribution in [0, 0.1) is 0 Å². The Labute approximate surface area is 145 Å². The molecule has 1 aliphatic rings. The van der Waals surface area contributed by atoms with Crippen LogP contribution in [0.3, 0.4) is 0 Å². The molecule has 124 valence electrons. The second-order valence-electron chi connectivity index (χ2n) is 5.64. The largest absolute Gasteiger partial charge is 0.467 e. The van der Waals surface area contributed by atoms with E-state index in [1.165, 1.54) is 18.9 Å².